The van der Waals surface area contributed by atoms with Gasteiger partial charge in [0.1, 0.15) is 0 Å². The molecule has 15 heavy (non-hydrogen) atoms. The Labute approximate surface area is 104 Å². The number of halogens is 2. The van der Waals surface area contributed by atoms with Gasteiger partial charge in [-0.05, 0) is 31.5 Å². The fraction of sp³-hybridized carbons (Fsp3) is 0.300. The second kappa shape index (κ2) is 6.10. The number of aryl methyl sites for hydroxylation is 1. The first-order valence-corrected chi connectivity index (χ1v) is 5.12. The van der Waals surface area contributed by atoms with Gasteiger partial charge in [0.15, 0.2) is 0 Å². The number of anilines is 1. The van der Waals surface area contributed by atoms with E-state index in [0.29, 0.717) is 0 Å². The zero-order chi connectivity index (χ0) is 10.7. The van der Waals surface area contributed by atoms with E-state index in [4.69, 9.17) is 5.73 Å². The molecule has 1 aromatic carbocycles. The van der Waals surface area contributed by atoms with E-state index >= 15 is 0 Å². The lowest BCUT2D eigenvalue weighted by molar-refractivity contribution is -0.117. The third kappa shape index (κ3) is 4.20. The van der Waals surface area contributed by atoms with Crippen molar-refractivity contribution in [1.29, 1.82) is 0 Å². The Kier molecular flexibility index (Phi) is 5.87. The van der Waals surface area contributed by atoms with Crippen molar-refractivity contribution < 1.29 is 4.79 Å². The lowest BCUT2D eigenvalue weighted by Crippen LogP contribution is -2.32. The van der Waals surface area contributed by atoms with Crippen molar-refractivity contribution in [3.63, 3.8) is 0 Å². The van der Waals surface area contributed by atoms with Crippen LogP contribution >= 0.6 is 28.3 Å². The molecule has 0 spiro atoms. The number of carbonyl (C=O) groups excluding carboxylic acids is 1. The van der Waals surface area contributed by atoms with Crippen molar-refractivity contribution in [3.05, 3.63) is 28.2 Å². The van der Waals surface area contributed by atoms with Crippen LogP contribution in [0.25, 0.3) is 0 Å². The van der Waals surface area contributed by atoms with Crippen LogP contribution in [0.5, 0.6) is 0 Å². The van der Waals surface area contributed by atoms with E-state index in [1.807, 2.05) is 25.1 Å². The number of nitrogens with two attached hydrogens (primary N) is 1. The van der Waals surface area contributed by atoms with Crippen LogP contribution in [0.2, 0.25) is 0 Å². The summed E-state index contributed by atoms with van der Waals surface area (Å²) in [6.07, 6.45) is 0. The summed E-state index contributed by atoms with van der Waals surface area (Å²) in [5, 5.41) is 2.76. The smallest absolute Gasteiger partial charge is 0.241 e. The molecule has 1 aromatic rings. The van der Waals surface area contributed by atoms with E-state index in [0.717, 1.165) is 15.7 Å². The standard InChI is InChI=1S/C10H13BrN2O.ClH/c1-6-3-4-8(11)5-9(6)13-10(14)7(2)12;/h3-5,7H,12H2,1-2H3,(H,13,14);1H. The highest BCUT2D eigenvalue weighted by Crippen LogP contribution is 2.20. The third-order valence-corrected chi connectivity index (χ3v) is 2.36. The lowest BCUT2D eigenvalue weighted by atomic mass is 10.2. The predicted octanol–water partition coefficient (Wildman–Crippen LogP) is 2.47. The van der Waals surface area contributed by atoms with Crippen LogP contribution in [-0.4, -0.2) is 11.9 Å². The molecule has 0 bridgehead atoms. The van der Waals surface area contributed by atoms with Gasteiger partial charge in [-0.2, -0.15) is 0 Å². The highest BCUT2D eigenvalue weighted by Gasteiger charge is 2.08. The monoisotopic (exact) mass is 292 g/mol. The molecule has 0 aliphatic carbocycles. The van der Waals surface area contributed by atoms with Gasteiger partial charge < -0.3 is 11.1 Å². The summed E-state index contributed by atoms with van der Waals surface area (Å²) in [6, 6.07) is 5.22. The Morgan fingerprint density at radius 1 is 1.53 bits per heavy atom. The predicted molar refractivity (Wildman–Crippen MR) is 68.4 cm³/mol. The Bertz CT molecular complexity index is 355. The summed E-state index contributed by atoms with van der Waals surface area (Å²) < 4.78 is 0.933. The van der Waals surface area contributed by atoms with Crippen molar-refractivity contribution in [2.45, 2.75) is 19.9 Å². The van der Waals surface area contributed by atoms with Crippen LogP contribution in [0.3, 0.4) is 0 Å². The molecule has 1 unspecified atom stereocenters. The summed E-state index contributed by atoms with van der Waals surface area (Å²) in [5.74, 6) is -0.175. The maximum atomic E-state index is 11.3. The Morgan fingerprint density at radius 3 is 2.67 bits per heavy atom. The van der Waals surface area contributed by atoms with Crippen LogP contribution in [0.1, 0.15) is 12.5 Å². The molecule has 3 nitrogen and oxygen atoms in total. The van der Waals surface area contributed by atoms with Gasteiger partial charge in [-0.3, -0.25) is 4.79 Å². The second-order valence-corrected chi connectivity index (χ2v) is 4.15. The van der Waals surface area contributed by atoms with Crippen molar-refractivity contribution in [1.82, 2.24) is 0 Å². The minimum absolute atomic E-state index is 0. The summed E-state index contributed by atoms with van der Waals surface area (Å²) >= 11 is 3.34. The van der Waals surface area contributed by atoms with Crippen molar-refractivity contribution in [2.24, 2.45) is 5.73 Å². The van der Waals surface area contributed by atoms with E-state index < -0.39 is 6.04 Å². The molecule has 0 saturated carbocycles. The first-order chi connectivity index (χ1) is 6.50. The van der Waals surface area contributed by atoms with E-state index in [1.54, 1.807) is 6.92 Å². The third-order valence-electron chi connectivity index (χ3n) is 1.87. The van der Waals surface area contributed by atoms with Gasteiger partial charge in [0.25, 0.3) is 0 Å². The highest BCUT2D eigenvalue weighted by molar-refractivity contribution is 9.10. The van der Waals surface area contributed by atoms with Crippen molar-refractivity contribution in [3.8, 4) is 0 Å². The van der Waals surface area contributed by atoms with E-state index in [1.165, 1.54) is 0 Å². The number of hydrogen-bond acceptors (Lipinski definition) is 2. The summed E-state index contributed by atoms with van der Waals surface area (Å²) in [5.41, 5.74) is 7.26. The van der Waals surface area contributed by atoms with Crippen molar-refractivity contribution in [2.75, 3.05) is 5.32 Å². The van der Waals surface area contributed by atoms with Gasteiger partial charge in [-0.25, -0.2) is 0 Å². The topological polar surface area (TPSA) is 55.1 Å². The second-order valence-electron chi connectivity index (χ2n) is 3.24. The summed E-state index contributed by atoms with van der Waals surface area (Å²) in [6.45, 7) is 3.59. The molecule has 0 aliphatic rings. The molecule has 84 valence electrons. The molecule has 0 saturated heterocycles. The van der Waals surface area contributed by atoms with Gasteiger partial charge in [0.2, 0.25) is 5.91 Å². The largest absolute Gasteiger partial charge is 0.324 e. The molecular formula is C10H14BrClN2O. The fourth-order valence-corrected chi connectivity index (χ4v) is 1.34. The fourth-order valence-electron chi connectivity index (χ4n) is 0.975. The van der Waals surface area contributed by atoms with Crippen LogP contribution in [0.15, 0.2) is 22.7 Å². The highest BCUT2D eigenvalue weighted by atomic mass is 79.9. The zero-order valence-corrected chi connectivity index (χ0v) is 11.0. The average Bonchev–Trinajstić information content (AvgIpc) is 2.11. The molecule has 1 rings (SSSR count). The van der Waals surface area contributed by atoms with Gasteiger partial charge in [0.05, 0.1) is 6.04 Å². The molecule has 3 N–H and O–H groups in total. The first kappa shape index (κ1) is 14.4. The molecule has 0 radical (unpaired) electrons. The first-order valence-electron chi connectivity index (χ1n) is 4.33. The van der Waals surface area contributed by atoms with Gasteiger partial charge >= 0.3 is 0 Å². The average molecular weight is 294 g/mol. The number of hydrogen-bond donors (Lipinski definition) is 2. The summed E-state index contributed by atoms with van der Waals surface area (Å²) in [7, 11) is 0. The Balaban J connectivity index is 0.00000196. The molecule has 0 heterocycles. The molecule has 1 atom stereocenters. The number of carbonyl (C=O) groups is 1. The number of nitrogens with one attached hydrogen (secondary N) is 1. The van der Waals surface area contributed by atoms with E-state index in [9.17, 15) is 4.79 Å². The maximum Gasteiger partial charge on any atom is 0.241 e. The minimum atomic E-state index is -0.492. The lowest BCUT2D eigenvalue weighted by Gasteiger charge is -2.10. The quantitative estimate of drug-likeness (QED) is 0.880. The maximum absolute atomic E-state index is 11.3. The molecule has 0 aliphatic heterocycles. The minimum Gasteiger partial charge on any atom is -0.324 e. The van der Waals surface area contributed by atoms with Crippen molar-refractivity contribution >= 4 is 39.9 Å². The van der Waals surface area contributed by atoms with Crippen LogP contribution in [-0.2, 0) is 4.79 Å². The molecule has 0 fully saturated rings. The van der Waals surface area contributed by atoms with Gasteiger partial charge in [-0.1, -0.05) is 22.0 Å². The Hall–Kier alpha value is -0.580. The van der Waals surface area contributed by atoms with Crippen LogP contribution in [0, 0.1) is 6.92 Å². The van der Waals surface area contributed by atoms with Gasteiger partial charge in [0, 0.05) is 10.2 Å². The number of amides is 1. The SMILES string of the molecule is Cc1ccc(Br)cc1NC(=O)C(C)N.Cl. The van der Waals surface area contributed by atoms with Crippen LogP contribution < -0.4 is 11.1 Å². The van der Waals surface area contributed by atoms with Crippen LogP contribution in [0.4, 0.5) is 5.69 Å². The molecule has 0 aromatic heterocycles. The number of rotatable bonds is 2. The molecular weight excluding hydrogens is 279 g/mol. The van der Waals surface area contributed by atoms with E-state index in [2.05, 4.69) is 21.2 Å². The van der Waals surface area contributed by atoms with E-state index in [-0.39, 0.29) is 18.3 Å². The van der Waals surface area contributed by atoms with Gasteiger partial charge in [-0.15, -0.1) is 12.4 Å². The molecule has 1 amide bonds. The molecule has 5 heteroatoms. The number of benzene rings is 1. The zero-order valence-electron chi connectivity index (χ0n) is 8.58. The summed E-state index contributed by atoms with van der Waals surface area (Å²) in [4.78, 5) is 11.3. The Morgan fingerprint density at radius 2 is 2.13 bits per heavy atom. The normalized spacial score (nSPS) is 11.5.